The largest absolute Gasteiger partial charge is 0.476 e. The highest BCUT2D eigenvalue weighted by Crippen LogP contribution is 2.14. The van der Waals surface area contributed by atoms with Crippen molar-refractivity contribution < 1.29 is 9.90 Å². The molecule has 2 rings (SSSR count). The minimum absolute atomic E-state index is 0.00472. The maximum absolute atomic E-state index is 10.9. The Hall–Kier alpha value is -2.11. The van der Waals surface area contributed by atoms with Gasteiger partial charge in [0, 0.05) is 23.9 Å². The predicted octanol–water partition coefficient (Wildman–Crippen LogP) is 1.56. The van der Waals surface area contributed by atoms with Crippen molar-refractivity contribution in [1.82, 2.24) is 14.6 Å². The lowest BCUT2D eigenvalue weighted by atomic mass is 10.3. The first-order chi connectivity index (χ1) is 7.97. The Morgan fingerprint density at radius 2 is 2.18 bits per heavy atom. The van der Waals surface area contributed by atoms with E-state index in [1.807, 2.05) is 26.8 Å². The lowest BCUT2D eigenvalue weighted by Gasteiger charge is -2.11. The van der Waals surface area contributed by atoms with Crippen LogP contribution in [0.2, 0.25) is 0 Å². The zero-order chi connectivity index (χ0) is 12.6. The van der Waals surface area contributed by atoms with E-state index < -0.39 is 5.97 Å². The molecule has 2 N–H and O–H groups in total. The smallest absolute Gasteiger partial charge is 0.356 e. The lowest BCUT2D eigenvalue weighted by Crippen LogP contribution is -2.14. The summed E-state index contributed by atoms with van der Waals surface area (Å²) in [5, 5.41) is 16.1. The van der Waals surface area contributed by atoms with Gasteiger partial charge in [0.15, 0.2) is 11.3 Å². The quantitative estimate of drug-likeness (QED) is 0.842. The van der Waals surface area contributed by atoms with E-state index in [-0.39, 0.29) is 11.7 Å². The molecule has 0 fully saturated rings. The van der Waals surface area contributed by atoms with E-state index in [1.165, 1.54) is 10.6 Å². The van der Waals surface area contributed by atoms with E-state index in [4.69, 9.17) is 5.11 Å². The Kier molecular flexibility index (Phi) is 2.71. The van der Waals surface area contributed by atoms with Gasteiger partial charge in [-0.25, -0.2) is 9.78 Å². The minimum atomic E-state index is -1.05. The number of anilines is 1. The SMILES string of the molecule is Cc1cc(NC(C)C)n2nc(C(=O)O)cc2n1. The van der Waals surface area contributed by atoms with Crippen LogP contribution in [0.15, 0.2) is 12.1 Å². The van der Waals surface area contributed by atoms with Gasteiger partial charge in [-0.2, -0.15) is 9.61 Å². The van der Waals surface area contributed by atoms with Gasteiger partial charge in [0.1, 0.15) is 5.82 Å². The first-order valence-electron chi connectivity index (χ1n) is 5.34. The third-order valence-electron chi connectivity index (χ3n) is 2.21. The summed E-state index contributed by atoms with van der Waals surface area (Å²) in [7, 11) is 0. The van der Waals surface area contributed by atoms with Gasteiger partial charge in [0.2, 0.25) is 0 Å². The normalized spacial score (nSPS) is 11.1. The van der Waals surface area contributed by atoms with Gasteiger partial charge in [-0.05, 0) is 20.8 Å². The fourth-order valence-electron chi connectivity index (χ4n) is 1.60. The molecule has 0 aliphatic rings. The number of carboxylic acid groups (broad SMARTS) is 1. The zero-order valence-corrected chi connectivity index (χ0v) is 9.93. The van der Waals surface area contributed by atoms with Crippen molar-refractivity contribution in [2.24, 2.45) is 0 Å². The number of aromatic nitrogens is 3. The predicted molar refractivity (Wildman–Crippen MR) is 63.4 cm³/mol. The van der Waals surface area contributed by atoms with E-state index >= 15 is 0 Å². The van der Waals surface area contributed by atoms with Gasteiger partial charge in [-0.3, -0.25) is 0 Å². The Labute approximate surface area is 98.3 Å². The molecule has 0 amide bonds. The molecule has 17 heavy (non-hydrogen) atoms. The van der Waals surface area contributed by atoms with E-state index in [2.05, 4.69) is 15.4 Å². The Morgan fingerprint density at radius 1 is 1.47 bits per heavy atom. The molecular weight excluding hydrogens is 220 g/mol. The molecule has 0 radical (unpaired) electrons. The molecule has 2 aromatic rings. The Balaban J connectivity index is 2.61. The molecule has 6 heteroatoms. The number of hydrogen-bond acceptors (Lipinski definition) is 4. The van der Waals surface area contributed by atoms with Crippen molar-refractivity contribution in [3.8, 4) is 0 Å². The Bertz CT molecular complexity index is 574. The van der Waals surface area contributed by atoms with Crippen molar-refractivity contribution in [3.05, 3.63) is 23.5 Å². The molecule has 2 heterocycles. The van der Waals surface area contributed by atoms with Crippen LogP contribution in [-0.2, 0) is 0 Å². The lowest BCUT2D eigenvalue weighted by molar-refractivity contribution is 0.0690. The summed E-state index contributed by atoms with van der Waals surface area (Å²) in [6.07, 6.45) is 0. The fourth-order valence-corrected chi connectivity index (χ4v) is 1.60. The van der Waals surface area contributed by atoms with E-state index in [9.17, 15) is 4.79 Å². The number of aryl methyl sites for hydroxylation is 1. The molecular formula is C11H14N4O2. The molecule has 0 saturated carbocycles. The van der Waals surface area contributed by atoms with Crippen molar-refractivity contribution >= 4 is 17.4 Å². The average Bonchev–Trinajstić information content (AvgIpc) is 2.60. The highest BCUT2D eigenvalue weighted by Gasteiger charge is 2.12. The molecule has 0 spiro atoms. The van der Waals surface area contributed by atoms with Gasteiger partial charge >= 0.3 is 5.97 Å². The number of nitrogens with one attached hydrogen (secondary N) is 1. The number of rotatable bonds is 3. The van der Waals surface area contributed by atoms with Crippen molar-refractivity contribution in [1.29, 1.82) is 0 Å². The van der Waals surface area contributed by atoms with Crippen LogP contribution in [0.4, 0.5) is 5.82 Å². The maximum Gasteiger partial charge on any atom is 0.356 e. The van der Waals surface area contributed by atoms with Gasteiger partial charge in [-0.1, -0.05) is 0 Å². The molecule has 2 aromatic heterocycles. The van der Waals surface area contributed by atoms with Crippen molar-refractivity contribution in [2.75, 3.05) is 5.32 Å². The second kappa shape index (κ2) is 4.04. The summed E-state index contributed by atoms with van der Waals surface area (Å²) in [6, 6.07) is 3.53. The van der Waals surface area contributed by atoms with E-state index in [0.717, 1.165) is 11.5 Å². The van der Waals surface area contributed by atoms with Gasteiger partial charge < -0.3 is 10.4 Å². The number of fused-ring (bicyclic) bond motifs is 1. The van der Waals surface area contributed by atoms with E-state index in [0.29, 0.717) is 5.65 Å². The Morgan fingerprint density at radius 3 is 2.76 bits per heavy atom. The van der Waals surface area contributed by atoms with Crippen LogP contribution in [0, 0.1) is 6.92 Å². The highest BCUT2D eigenvalue weighted by molar-refractivity contribution is 5.86. The van der Waals surface area contributed by atoms with Crippen LogP contribution < -0.4 is 5.32 Å². The standard InChI is InChI=1S/C11H14N4O2/c1-6(2)12-9-4-7(3)13-10-5-8(11(16)17)14-15(9)10/h4-6,12H,1-3H3,(H,16,17). The number of carboxylic acids is 1. The fraction of sp³-hybridized carbons (Fsp3) is 0.364. The van der Waals surface area contributed by atoms with Crippen LogP contribution >= 0.6 is 0 Å². The van der Waals surface area contributed by atoms with Crippen LogP contribution in [0.25, 0.3) is 5.65 Å². The number of nitrogens with zero attached hydrogens (tertiary/aromatic N) is 3. The molecule has 6 nitrogen and oxygen atoms in total. The number of hydrogen-bond donors (Lipinski definition) is 2. The van der Waals surface area contributed by atoms with Crippen molar-refractivity contribution in [2.45, 2.75) is 26.8 Å². The molecule has 90 valence electrons. The van der Waals surface area contributed by atoms with E-state index in [1.54, 1.807) is 0 Å². The van der Waals surface area contributed by atoms with Gasteiger partial charge in [-0.15, -0.1) is 0 Å². The number of carbonyl (C=O) groups is 1. The first kappa shape index (κ1) is 11.4. The van der Waals surface area contributed by atoms with Gasteiger partial charge in [0.05, 0.1) is 0 Å². The van der Waals surface area contributed by atoms with Crippen molar-refractivity contribution in [3.63, 3.8) is 0 Å². The van der Waals surface area contributed by atoms with Gasteiger partial charge in [0.25, 0.3) is 0 Å². The summed E-state index contributed by atoms with van der Waals surface area (Å²) in [4.78, 5) is 15.1. The average molecular weight is 234 g/mol. The first-order valence-corrected chi connectivity index (χ1v) is 5.34. The van der Waals surface area contributed by atoms with Crippen LogP contribution in [0.3, 0.4) is 0 Å². The highest BCUT2D eigenvalue weighted by atomic mass is 16.4. The second-order valence-corrected chi connectivity index (χ2v) is 4.19. The minimum Gasteiger partial charge on any atom is -0.476 e. The van der Waals surface area contributed by atoms with Crippen LogP contribution in [0.1, 0.15) is 30.0 Å². The molecule has 0 atom stereocenters. The summed E-state index contributed by atoms with van der Waals surface area (Å²) < 4.78 is 1.51. The molecule has 0 unspecified atom stereocenters. The molecule has 0 saturated heterocycles. The topological polar surface area (TPSA) is 79.5 Å². The summed E-state index contributed by atoms with van der Waals surface area (Å²) >= 11 is 0. The monoisotopic (exact) mass is 234 g/mol. The summed E-state index contributed by atoms with van der Waals surface area (Å²) in [6.45, 7) is 5.87. The second-order valence-electron chi connectivity index (χ2n) is 4.19. The number of aromatic carboxylic acids is 1. The van der Waals surface area contributed by atoms with Crippen LogP contribution in [0.5, 0.6) is 0 Å². The zero-order valence-electron chi connectivity index (χ0n) is 9.93. The summed E-state index contributed by atoms with van der Waals surface area (Å²) in [5.41, 5.74) is 1.35. The molecule has 0 aliphatic heterocycles. The third-order valence-corrected chi connectivity index (χ3v) is 2.21. The third kappa shape index (κ3) is 2.20. The maximum atomic E-state index is 10.9. The summed E-state index contributed by atoms with van der Waals surface area (Å²) in [5.74, 6) is -0.307. The molecule has 0 aliphatic carbocycles. The molecule has 0 bridgehead atoms. The molecule has 0 aromatic carbocycles. The van der Waals surface area contributed by atoms with Crippen LogP contribution in [-0.4, -0.2) is 31.7 Å².